The number of aryl methyl sites for hydroxylation is 1. The van der Waals surface area contributed by atoms with Crippen molar-refractivity contribution in [2.75, 3.05) is 5.73 Å². The van der Waals surface area contributed by atoms with Crippen LogP contribution >= 0.6 is 15.9 Å². The fourth-order valence-corrected chi connectivity index (χ4v) is 3.00. The zero-order valence-electron chi connectivity index (χ0n) is 10.5. The van der Waals surface area contributed by atoms with E-state index < -0.39 is 20.7 Å². The third-order valence-corrected chi connectivity index (χ3v) is 4.67. The quantitative estimate of drug-likeness (QED) is 0.804. The summed E-state index contributed by atoms with van der Waals surface area (Å²) in [4.78, 5) is -0.484. The average Bonchev–Trinajstić information content (AvgIpc) is 2.77. The lowest BCUT2D eigenvalue weighted by Gasteiger charge is -2.08. The van der Waals surface area contributed by atoms with Crippen LogP contribution in [-0.4, -0.2) is 18.2 Å². The van der Waals surface area contributed by atoms with Crippen LogP contribution in [0.25, 0.3) is 0 Å². The Morgan fingerprint density at radius 3 is 2.80 bits per heavy atom. The summed E-state index contributed by atoms with van der Waals surface area (Å²) in [5.41, 5.74) is 6.39. The number of benzene rings is 1. The first-order valence-electron chi connectivity index (χ1n) is 5.51. The van der Waals surface area contributed by atoms with Crippen molar-refractivity contribution >= 4 is 31.6 Å². The molecule has 0 aliphatic rings. The van der Waals surface area contributed by atoms with Crippen molar-refractivity contribution in [2.24, 2.45) is 7.05 Å². The Labute approximate surface area is 124 Å². The van der Waals surface area contributed by atoms with E-state index in [1.165, 1.54) is 6.20 Å². The number of nitrogens with zero attached hydrogens (tertiary/aromatic N) is 2. The molecule has 1 heterocycles. The van der Waals surface area contributed by atoms with Crippen LogP contribution in [0.5, 0.6) is 0 Å². The number of anilines is 1. The molecular formula is C11H12BrFN4O2S. The lowest BCUT2D eigenvalue weighted by molar-refractivity contribution is 0.556. The molecule has 108 valence electrons. The lowest BCUT2D eigenvalue weighted by Crippen LogP contribution is -2.24. The fourth-order valence-electron chi connectivity index (χ4n) is 1.57. The lowest BCUT2D eigenvalue weighted by atomic mass is 10.3. The summed E-state index contributed by atoms with van der Waals surface area (Å²) in [7, 11) is -2.27. The summed E-state index contributed by atoms with van der Waals surface area (Å²) in [5.74, 6) is -0.871. The van der Waals surface area contributed by atoms with Gasteiger partial charge < -0.3 is 5.73 Å². The van der Waals surface area contributed by atoms with Crippen LogP contribution in [0.1, 0.15) is 5.56 Å². The first-order chi connectivity index (χ1) is 9.29. The van der Waals surface area contributed by atoms with Crippen LogP contribution in [0.2, 0.25) is 0 Å². The van der Waals surface area contributed by atoms with Gasteiger partial charge in [0.2, 0.25) is 10.0 Å². The second-order valence-corrected chi connectivity index (χ2v) is 6.74. The molecule has 0 unspecified atom stereocenters. The van der Waals surface area contributed by atoms with Gasteiger partial charge in [-0.3, -0.25) is 4.68 Å². The maximum Gasteiger partial charge on any atom is 0.243 e. The van der Waals surface area contributed by atoms with Gasteiger partial charge in [0.05, 0.1) is 6.20 Å². The molecule has 0 saturated heterocycles. The summed E-state index contributed by atoms with van der Waals surface area (Å²) < 4.78 is 42.0. The highest BCUT2D eigenvalue weighted by atomic mass is 79.9. The number of aromatic nitrogens is 2. The van der Waals surface area contributed by atoms with Gasteiger partial charge in [0.1, 0.15) is 10.7 Å². The number of nitrogen functional groups attached to an aromatic ring is 1. The summed E-state index contributed by atoms with van der Waals surface area (Å²) in [6.07, 6.45) is 3.18. The largest absolute Gasteiger partial charge is 0.398 e. The minimum absolute atomic E-state index is 0.0194. The number of nitrogens with two attached hydrogens (primary N) is 1. The van der Waals surface area contributed by atoms with Gasteiger partial charge in [-0.25, -0.2) is 17.5 Å². The normalized spacial score (nSPS) is 11.8. The Morgan fingerprint density at radius 2 is 2.20 bits per heavy atom. The summed E-state index contributed by atoms with van der Waals surface area (Å²) in [5, 5.41) is 3.91. The van der Waals surface area contributed by atoms with E-state index in [0.29, 0.717) is 10.0 Å². The number of nitrogens with one attached hydrogen (secondary N) is 1. The fraction of sp³-hybridized carbons (Fsp3) is 0.182. The molecule has 3 N–H and O–H groups in total. The first-order valence-corrected chi connectivity index (χ1v) is 7.79. The number of hydrogen-bond acceptors (Lipinski definition) is 4. The molecule has 0 bridgehead atoms. The molecule has 1 aromatic carbocycles. The molecule has 0 saturated carbocycles. The van der Waals surface area contributed by atoms with Gasteiger partial charge in [0.25, 0.3) is 0 Å². The number of hydrogen-bond donors (Lipinski definition) is 2. The molecule has 20 heavy (non-hydrogen) atoms. The van der Waals surface area contributed by atoms with Gasteiger partial charge in [-0.2, -0.15) is 5.10 Å². The van der Waals surface area contributed by atoms with Crippen LogP contribution in [-0.2, 0) is 23.6 Å². The molecule has 0 aliphatic heterocycles. The molecule has 1 aromatic heterocycles. The first kappa shape index (κ1) is 14.9. The second-order valence-electron chi connectivity index (χ2n) is 4.15. The summed E-state index contributed by atoms with van der Waals surface area (Å²) in [6, 6.07) is 2.10. The van der Waals surface area contributed by atoms with Crippen LogP contribution in [0.15, 0.2) is 33.9 Å². The molecule has 2 aromatic rings. The highest BCUT2D eigenvalue weighted by molar-refractivity contribution is 9.10. The molecule has 0 radical (unpaired) electrons. The molecular weight excluding hydrogens is 351 g/mol. The standard InChI is InChI=1S/C11H12BrFN4O2S/c1-17-6-7(4-15-17)5-16-20(18,19)11-3-10(14)8(12)2-9(11)13/h2-4,6,16H,5,14H2,1H3. The highest BCUT2D eigenvalue weighted by Crippen LogP contribution is 2.26. The minimum Gasteiger partial charge on any atom is -0.398 e. The smallest absolute Gasteiger partial charge is 0.243 e. The van der Waals surface area contributed by atoms with Crippen molar-refractivity contribution in [1.29, 1.82) is 0 Å². The summed E-state index contributed by atoms with van der Waals surface area (Å²) in [6.45, 7) is 0.0194. The maximum absolute atomic E-state index is 13.7. The van der Waals surface area contributed by atoms with E-state index in [1.807, 2.05) is 0 Å². The molecule has 2 rings (SSSR count). The van der Waals surface area contributed by atoms with E-state index in [1.54, 1.807) is 17.9 Å². The Kier molecular flexibility index (Phi) is 4.11. The van der Waals surface area contributed by atoms with Crippen molar-refractivity contribution in [3.8, 4) is 0 Å². The molecule has 0 aliphatic carbocycles. The second kappa shape index (κ2) is 5.51. The third kappa shape index (κ3) is 3.17. The van der Waals surface area contributed by atoms with E-state index in [-0.39, 0.29) is 12.2 Å². The zero-order chi connectivity index (χ0) is 14.9. The van der Waals surface area contributed by atoms with Crippen LogP contribution in [0.4, 0.5) is 10.1 Å². The van der Waals surface area contributed by atoms with E-state index in [2.05, 4.69) is 25.8 Å². The monoisotopic (exact) mass is 362 g/mol. The van der Waals surface area contributed by atoms with Crippen molar-refractivity contribution in [3.05, 3.63) is 40.4 Å². The van der Waals surface area contributed by atoms with Gasteiger partial charge in [0.15, 0.2) is 0 Å². The average molecular weight is 363 g/mol. The van der Waals surface area contributed by atoms with Crippen LogP contribution in [0.3, 0.4) is 0 Å². The third-order valence-electron chi connectivity index (χ3n) is 2.57. The SMILES string of the molecule is Cn1cc(CNS(=O)(=O)c2cc(N)c(Br)cc2F)cn1. The number of rotatable bonds is 4. The maximum atomic E-state index is 13.7. The highest BCUT2D eigenvalue weighted by Gasteiger charge is 2.20. The van der Waals surface area contributed by atoms with Gasteiger partial charge >= 0.3 is 0 Å². The molecule has 6 nitrogen and oxygen atoms in total. The molecule has 0 atom stereocenters. The molecule has 0 spiro atoms. The Hall–Kier alpha value is -1.45. The van der Waals surface area contributed by atoms with Gasteiger partial charge in [-0.05, 0) is 28.1 Å². The van der Waals surface area contributed by atoms with E-state index in [0.717, 1.165) is 12.1 Å². The molecule has 9 heteroatoms. The van der Waals surface area contributed by atoms with E-state index in [9.17, 15) is 12.8 Å². The Balaban J connectivity index is 2.24. The Bertz CT molecular complexity index is 745. The molecule has 0 fully saturated rings. The van der Waals surface area contributed by atoms with Gasteiger partial charge in [0, 0.05) is 35.5 Å². The van der Waals surface area contributed by atoms with Gasteiger partial charge in [-0.1, -0.05) is 0 Å². The van der Waals surface area contributed by atoms with Crippen molar-refractivity contribution in [3.63, 3.8) is 0 Å². The van der Waals surface area contributed by atoms with Crippen LogP contribution in [0, 0.1) is 5.82 Å². The van der Waals surface area contributed by atoms with Crippen molar-refractivity contribution in [2.45, 2.75) is 11.4 Å². The minimum atomic E-state index is -3.98. The van der Waals surface area contributed by atoms with Crippen LogP contribution < -0.4 is 10.5 Å². The number of sulfonamides is 1. The van der Waals surface area contributed by atoms with E-state index >= 15 is 0 Å². The molecule has 0 amide bonds. The van der Waals surface area contributed by atoms with E-state index in [4.69, 9.17) is 5.73 Å². The van der Waals surface area contributed by atoms with Crippen molar-refractivity contribution < 1.29 is 12.8 Å². The predicted molar refractivity (Wildman–Crippen MR) is 75.7 cm³/mol. The zero-order valence-corrected chi connectivity index (χ0v) is 12.9. The number of halogens is 2. The van der Waals surface area contributed by atoms with Crippen molar-refractivity contribution in [1.82, 2.24) is 14.5 Å². The summed E-state index contributed by atoms with van der Waals surface area (Å²) >= 11 is 3.03. The predicted octanol–water partition coefficient (Wildman–Crippen LogP) is 1.38. The van der Waals surface area contributed by atoms with Gasteiger partial charge in [-0.15, -0.1) is 0 Å². The Morgan fingerprint density at radius 1 is 1.50 bits per heavy atom. The topological polar surface area (TPSA) is 90.0 Å².